The molecular formula is C27H43N3O4. The number of rotatable bonds is 11. The van der Waals surface area contributed by atoms with E-state index in [4.69, 9.17) is 4.74 Å². The highest BCUT2D eigenvalue weighted by Gasteiger charge is 2.34. The van der Waals surface area contributed by atoms with Crippen LogP contribution in [-0.2, 0) is 14.3 Å². The fourth-order valence-electron chi connectivity index (χ4n) is 3.75. The zero-order chi connectivity index (χ0) is 26.1. The number of benzene rings is 1. The van der Waals surface area contributed by atoms with E-state index in [1.165, 1.54) is 4.90 Å². The van der Waals surface area contributed by atoms with Crippen LogP contribution in [0, 0.1) is 5.92 Å². The standard InChI is InChI=1S/C27H43N3O4/c1-10-13-19(5)28-24(31)23(21-15-12-14-20(11-2)17-21)30(9)25(32)22(16-18(3)4)29-26(33)34-27(6,7)8/h11-12,14-15,17-19,22-23H,2,10,13,16H2,1,3-9H3,(H,28,31)(H,29,33). The summed E-state index contributed by atoms with van der Waals surface area (Å²) in [4.78, 5) is 40.9. The van der Waals surface area contributed by atoms with Crippen LogP contribution >= 0.6 is 0 Å². The summed E-state index contributed by atoms with van der Waals surface area (Å²) < 4.78 is 5.37. The maximum Gasteiger partial charge on any atom is 0.408 e. The Labute approximate surface area is 205 Å². The fraction of sp³-hybridized carbons (Fsp3) is 0.593. The van der Waals surface area contributed by atoms with Gasteiger partial charge in [0.1, 0.15) is 17.7 Å². The monoisotopic (exact) mass is 473 g/mol. The molecule has 190 valence electrons. The fourth-order valence-corrected chi connectivity index (χ4v) is 3.75. The number of carbonyl (C=O) groups is 3. The van der Waals surface area contributed by atoms with Gasteiger partial charge >= 0.3 is 6.09 Å². The summed E-state index contributed by atoms with van der Waals surface area (Å²) in [5.41, 5.74) is 0.836. The van der Waals surface area contributed by atoms with Crippen LogP contribution in [0.1, 0.15) is 84.9 Å². The van der Waals surface area contributed by atoms with E-state index in [9.17, 15) is 14.4 Å². The predicted octanol–water partition coefficient (Wildman–Crippen LogP) is 5.07. The molecule has 7 heteroatoms. The lowest BCUT2D eigenvalue weighted by Gasteiger charge is -2.33. The van der Waals surface area contributed by atoms with E-state index in [2.05, 4.69) is 24.1 Å². The number of likely N-dealkylation sites (N-methyl/N-ethyl adjacent to an activating group) is 1. The van der Waals surface area contributed by atoms with Crippen molar-refractivity contribution in [3.05, 3.63) is 42.0 Å². The summed E-state index contributed by atoms with van der Waals surface area (Å²) in [5.74, 6) is -0.483. The second kappa shape index (κ2) is 13.2. The number of amides is 3. The van der Waals surface area contributed by atoms with Crippen LogP contribution < -0.4 is 10.6 Å². The van der Waals surface area contributed by atoms with Crippen LogP contribution in [0.2, 0.25) is 0 Å². The van der Waals surface area contributed by atoms with Gasteiger partial charge in [-0.3, -0.25) is 9.59 Å². The van der Waals surface area contributed by atoms with E-state index in [-0.39, 0.29) is 23.8 Å². The molecule has 0 aliphatic heterocycles. The van der Waals surface area contributed by atoms with E-state index in [0.29, 0.717) is 12.0 Å². The molecular weight excluding hydrogens is 430 g/mol. The Morgan fingerprint density at radius 3 is 2.32 bits per heavy atom. The van der Waals surface area contributed by atoms with E-state index in [0.717, 1.165) is 18.4 Å². The van der Waals surface area contributed by atoms with Crippen molar-refractivity contribution in [2.45, 2.75) is 91.5 Å². The Hall–Kier alpha value is -2.83. The number of nitrogens with zero attached hydrogens (tertiary/aromatic N) is 1. The maximum absolute atomic E-state index is 13.6. The second-order valence-corrected chi connectivity index (χ2v) is 10.3. The SMILES string of the molecule is C=Cc1cccc(C(C(=O)NC(C)CCC)N(C)C(=O)C(CC(C)C)NC(=O)OC(C)(C)C)c1. The zero-order valence-electron chi connectivity index (χ0n) is 22.1. The molecule has 1 aromatic rings. The largest absolute Gasteiger partial charge is 0.444 e. The molecule has 3 amide bonds. The van der Waals surface area contributed by atoms with E-state index < -0.39 is 23.8 Å². The summed E-state index contributed by atoms with van der Waals surface area (Å²) in [6, 6.07) is 5.68. The summed E-state index contributed by atoms with van der Waals surface area (Å²) in [6.45, 7) is 17.1. The molecule has 0 saturated carbocycles. The van der Waals surface area contributed by atoms with Crippen molar-refractivity contribution >= 4 is 24.0 Å². The normalized spacial score (nSPS) is 14.0. The van der Waals surface area contributed by atoms with Crippen molar-refractivity contribution in [2.24, 2.45) is 5.92 Å². The van der Waals surface area contributed by atoms with Crippen LogP contribution in [0.4, 0.5) is 4.79 Å². The minimum atomic E-state index is -0.859. The van der Waals surface area contributed by atoms with Crippen molar-refractivity contribution in [1.29, 1.82) is 0 Å². The zero-order valence-corrected chi connectivity index (χ0v) is 22.1. The third kappa shape index (κ3) is 9.57. The van der Waals surface area contributed by atoms with Gasteiger partial charge in [0.2, 0.25) is 11.8 Å². The molecule has 0 fully saturated rings. The summed E-state index contributed by atoms with van der Waals surface area (Å²) in [5, 5.41) is 5.75. The van der Waals surface area contributed by atoms with Crippen molar-refractivity contribution in [2.75, 3.05) is 7.05 Å². The molecule has 0 aromatic heterocycles. The first-order chi connectivity index (χ1) is 15.8. The van der Waals surface area contributed by atoms with Crippen LogP contribution in [0.5, 0.6) is 0 Å². The quantitative estimate of drug-likeness (QED) is 0.469. The Balaban J connectivity index is 3.30. The van der Waals surface area contributed by atoms with E-state index in [1.807, 2.05) is 45.0 Å². The van der Waals surface area contributed by atoms with Crippen molar-refractivity contribution in [3.63, 3.8) is 0 Å². The third-order valence-electron chi connectivity index (χ3n) is 5.25. The Morgan fingerprint density at radius 2 is 1.79 bits per heavy atom. The summed E-state index contributed by atoms with van der Waals surface area (Å²) in [7, 11) is 1.60. The number of alkyl carbamates (subject to hydrolysis) is 1. The highest BCUT2D eigenvalue weighted by molar-refractivity contribution is 5.92. The molecule has 0 saturated heterocycles. The third-order valence-corrected chi connectivity index (χ3v) is 5.25. The van der Waals surface area contributed by atoms with Gasteiger partial charge in [0.15, 0.2) is 0 Å². The molecule has 3 atom stereocenters. The molecule has 1 rings (SSSR count). The maximum atomic E-state index is 13.6. The molecule has 34 heavy (non-hydrogen) atoms. The van der Waals surface area contributed by atoms with Gasteiger partial charge in [-0.2, -0.15) is 0 Å². The number of nitrogens with one attached hydrogen (secondary N) is 2. The van der Waals surface area contributed by atoms with Gasteiger partial charge in [0.25, 0.3) is 0 Å². The second-order valence-electron chi connectivity index (χ2n) is 10.3. The number of carbonyl (C=O) groups excluding carboxylic acids is 3. The first-order valence-corrected chi connectivity index (χ1v) is 12.1. The molecule has 2 N–H and O–H groups in total. The number of hydrogen-bond acceptors (Lipinski definition) is 4. The van der Waals surface area contributed by atoms with Gasteiger partial charge in [-0.15, -0.1) is 0 Å². The van der Waals surface area contributed by atoms with Gasteiger partial charge in [-0.25, -0.2) is 4.79 Å². The Bertz CT molecular complexity index is 845. The van der Waals surface area contributed by atoms with Crippen molar-refractivity contribution < 1.29 is 19.1 Å². The first-order valence-electron chi connectivity index (χ1n) is 12.1. The molecule has 0 spiro atoms. The molecule has 7 nitrogen and oxygen atoms in total. The highest BCUT2D eigenvalue weighted by atomic mass is 16.6. The van der Waals surface area contributed by atoms with Crippen LogP contribution in [0.15, 0.2) is 30.8 Å². The lowest BCUT2D eigenvalue weighted by atomic mass is 9.98. The molecule has 0 aliphatic rings. The molecule has 0 heterocycles. The highest BCUT2D eigenvalue weighted by Crippen LogP contribution is 2.24. The molecule has 3 unspecified atom stereocenters. The summed E-state index contributed by atoms with van der Waals surface area (Å²) in [6.07, 6.45) is 3.22. The number of hydrogen-bond donors (Lipinski definition) is 2. The summed E-state index contributed by atoms with van der Waals surface area (Å²) >= 11 is 0. The lowest BCUT2D eigenvalue weighted by molar-refractivity contribution is -0.141. The smallest absolute Gasteiger partial charge is 0.408 e. The van der Waals surface area contributed by atoms with E-state index in [1.54, 1.807) is 33.9 Å². The van der Waals surface area contributed by atoms with Gasteiger partial charge in [0, 0.05) is 13.1 Å². The van der Waals surface area contributed by atoms with Crippen LogP contribution in [0.3, 0.4) is 0 Å². The lowest BCUT2D eigenvalue weighted by Crippen LogP contribution is -2.52. The molecule has 0 radical (unpaired) electrons. The topological polar surface area (TPSA) is 87.7 Å². The van der Waals surface area contributed by atoms with Gasteiger partial charge < -0.3 is 20.3 Å². The molecule has 0 aliphatic carbocycles. The Morgan fingerprint density at radius 1 is 1.15 bits per heavy atom. The van der Waals surface area contributed by atoms with Gasteiger partial charge in [-0.1, -0.05) is 58.0 Å². The van der Waals surface area contributed by atoms with Gasteiger partial charge in [-0.05, 0) is 63.6 Å². The van der Waals surface area contributed by atoms with Crippen LogP contribution in [-0.4, -0.2) is 47.5 Å². The predicted molar refractivity (Wildman–Crippen MR) is 137 cm³/mol. The van der Waals surface area contributed by atoms with Crippen molar-refractivity contribution in [1.82, 2.24) is 15.5 Å². The first kappa shape index (κ1) is 29.2. The van der Waals surface area contributed by atoms with Gasteiger partial charge in [0.05, 0.1) is 0 Å². The van der Waals surface area contributed by atoms with Crippen LogP contribution in [0.25, 0.3) is 6.08 Å². The minimum Gasteiger partial charge on any atom is -0.444 e. The average Bonchev–Trinajstić information content (AvgIpc) is 2.71. The van der Waals surface area contributed by atoms with E-state index >= 15 is 0 Å². The molecule has 0 bridgehead atoms. The molecule has 1 aromatic carbocycles. The Kier molecular flexibility index (Phi) is 11.3. The van der Waals surface area contributed by atoms with Crippen molar-refractivity contribution in [3.8, 4) is 0 Å². The number of ether oxygens (including phenoxy) is 1. The average molecular weight is 474 g/mol. The minimum absolute atomic E-state index is 0.0301.